The molecule has 8 nitrogen and oxygen atoms in total. The van der Waals surface area contributed by atoms with Crippen molar-refractivity contribution in [3.8, 4) is 0 Å². The molecule has 0 saturated heterocycles. The van der Waals surface area contributed by atoms with Crippen molar-refractivity contribution in [2.24, 2.45) is 5.84 Å². The molecule has 0 aliphatic rings. The summed E-state index contributed by atoms with van der Waals surface area (Å²) >= 11 is 0. The van der Waals surface area contributed by atoms with E-state index in [1.54, 1.807) is 6.92 Å². The third-order valence-electron chi connectivity index (χ3n) is 2.04. The van der Waals surface area contributed by atoms with E-state index in [0.29, 0.717) is 5.69 Å². The summed E-state index contributed by atoms with van der Waals surface area (Å²) in [6.07, 6.45) is 2.76. The number of oxazole rings is 1. The quantitative estimate of drug-likeness (QED) is 0.544. The van der Waals surface area contributed by atoms with E-state index < -0.39 is 10.0 Å². The SMILES string of the molecule is Cc1coc(NS(=O)(=O)c2cccnc2NN)n1. The fourth-order valence-corrected chi connectivity index (χ4v) is 2.34. The number of pyridine rings is 1. The van der Waals surface area contributed by atoms with Crippen LogP contribution in [0.25, 0.3) is 0 Å². The van der Waals surface area contributed by atoms with Gasteiger partial charge in [-0.25, -0.2) is 24.0 Å². The number of aromatic nitrogens is 2. The number of aryl methyl sites for hydroxylation is 1. The van der Waals surface area contributed by atoms with E-state index >= 15 is 0 Å². The molecule has 2 aromatic heterocycles. The van der Waals surface area contributed by atoms with Gasteiger partial charge in [-0.1, -0.05) is 0 Å². The Kier molecular flexibility index (Phi) is 3.17. The molecular formula is C9H11N5O3S. The first kappa shape index (κ1) is 12.3. The highest BCUT2D eigenvalue weighted by atomic mass is 32.2. The van der Waals surface area contributed by atoms with Crippen molar-refractivity contribution in [1.82, 2.24) is 9.97 Å². The van der Waals surface area contributed by atoms with Crippen molar-refractivity contribution < 1.29 is 12.8 Å². The Bertz CT molecular complexity index is 652. The van der Waals surface area contributed by atoms with Gasteiger partial charge >= 0.3 is 6.01 Å². The van der Waals surface area contributed by atoms with Crippen LogP contribution in [0.1, 0.15) is 5.69 Å². The Morgan fingerprint density at radius 3 is 2.83 bits per heavy atom. The van der Waals surface area contributed by atoms with Crippen molar-refractivity contribution in [2.45, 2.75) is 11.8 Å². The predicted octanol–water partition coefficient (Wildman–Crippen LogP) is 0.464. The van der Waals surface area contributed by atoms with Gasteiger partial charge in [-0.15, -0.1) is 0 Å². The van der Waals surface area contributed by atoms with Crippen LogP contribution >= 0.6 is 0 Å². The second-order valence-corrected chi connectivity index (χ2v) is 5.04. The molecule has 2 rings (SSSR count). The molecule has 2 heterocycles. The lowest BCUT2D eigenvalue weighted by Gasteiger charge is -2.08. The maximum Gasteiger partial charge on any atom is 0.309 e. The third-order valence-corrected chi connectivity index (χ3v) is 3.39. The van der Waals surface area contributed by atoms with Gasteiger partial charge in [0.05, 0.1) is 5.69 Å². The molecule has 96 valence electrons. The molecule has 0 amide bonds. The highest BCUT2D eigenvalue weighted by molar-refractivity contribution is 7.92. The lowest BCUT2D eigenvalue weighted by molar-refractivity contribution is 0.569. The van der Waals surface area contributed by atoms with Crippen LogP contribution in [0.5, 0.6) is 0 Å². The van der Waals surface area contributed by atoms with Gasteiger partial charge in [-0.05, 0) is 19.1 Å². The monoisotopic (exact) mass is 269 g/mol. The molecule has 0 unspecified atom stereocenters. The second-order valence-electron chi connectivity index (χ2n) is 3.39. The molecule has 18 heavy (non-hydrogen) atoms. The van der Waals surface area contributed by atoms with E-state index in [1.165, 1.54) is 24.6 Å². The topological polar surface area (TPSA) is 123 Å². The van der Waals surface area contributed by atoms with Gasteiger partial charge in [0.25, 0.3) is 10.0 Å². The molecule has 0 aromatic carbocycles. The lowest BCUT2D eigenvalue weighted by Crippen LogP contribution is -2.18. The molecule has 0 spiro atoms. The highest BCUT2D eigenvalue weighted by Gasteiger charge is 2.21. The number of nitrogens with zero attached hydrogens (tertiary/aromatic N) is 2. The van der Waals surface area contributed by atoms with Crippen molar-refractivity contribution >= 4 is 21.9 Å². The molecule has 4 N–H and O–H groups in total. The zero-order chi connectivity index (χ0) is 13.2. The molecule has 0 bridgehead atoms. The number of nitrogens with two attached hydrogens (primary N) is 1. The van der Waals surface area contributed by atoms with E-state index in [1.807, 2.05) is 0 Å². The number of anilines is 2. The minimum atomic E-state index is -3.85. The van der Waals surface area contributed by atoms with Crippen LogP contribution in [0, 0.1) is 6.92 Å². The fraction of sp³-hybridized carbons (Fsp3) is 0.111. The third kappa shape index (κ3) is 2.41. The van der Waals surface area contributed by atoms with Gasteiger partial charge in [-0.2, -0.15) is 4.98 Å². The van der Waals surface area contributed by atoms with Crippen LogP contribution in [-0.2, 0) is 10.0 Å². The smallest absolute Gasteiger partial charge is 0.309 e. The summed E-state index contributed by atoms with van der Waals surface area (Å²) in [4.78, 5) is 7.56. The van der Waals surface area contributed by atoms with E-state index in [0.717, 1.165) is 0 Å². The largest absolute Gasteiger partial charge is 0.431 e. The second kappa shape index (κ2) is 4.63. The molecule has 0 aliphatic heterocycles. The standard InChI is InChI=1S/C9H11N5O3S/c1-6-5-17-9(12-6)14-18(15,16)7-3-2-4-11-8(7)13-10/h2-5H,10H2,1H3,(H,11,13)(H,12,14). The van der Waals surface area contributed by atoms with Crippen molar-refractivity contribution in [3.63, 3.8) is 0 Å². The van der Waals surface area contributed by atoms with Gasteiger partial charge < -0.3 is 9.84 Å². The van der Waals surface area contributed by atoms with E-state index in [9.17, 15) is 8.42 Å². The van der Waals surface area contributed by atoms with Gasteiger partial charge in [-0.3, -0.25) is 0 Å². The molecule has 9 heteroatoms. The van der Waals surface area contributed by atoms with E-state index in [2.05, 4.69) is 20.1 Å². The number of hydrogen-bond acceptors (Lipinski definition) is 7. The summed E-state index contributed by atoms with van der Waals surface area (Å²) in [5.41, 5.74) is 2.78. The van der Waals surface area contributed by atoms with Crippen LogP contribution < -0.4 is 16.0 Å². The molecule has 2 aromatic rings. The number of sulfonamides is 1. The van der Waals surface area contributed by atoms with Gasteiger partial charge in [0.1, 0.15) is 11.2 Å². The maximum atomic E-state index is 12.0. The Balaban J connectivity index is 2.36. The minimum absolute atomic E-state index is 0.0354. The molecular weight excluding hydrogens is 258 g/mol. The summed E-state index contributed by atoms with van der Waals surface area (Å²) < 4.78 is 31.2. The summed E-state index contributed by atoms with van der Waals surface area (Å²) in [5.74, 6) is 5.24. The molecule has 0 fully saturated rings. The number of nitrogen functional groups attached to an aromatic ring is 1. The zero-order valence-corrected chi connectivity index (χ0v) is 10.2. The lowest BCUT2D eigenvalue weighted by atomic mass is 10.5. The molecule has 0 aliphatic carbocycles. The average Bonchev–Trinajstić information content (AvgIpc) is 2.74. The van der Waals surface area contributed by atoms with Crippen molar-refractivity contribution in [3.05, 3.63) is 30.3 Å². The first-order valence-corrected chi connectivity index (χ1v) is 6.38. The fourth-order valence-electron chi connectivity index (χ4n) is 1.29. The average molecular weight is 269 g/mol. The first-order valence-electron chi connectivity index (χ1n) is 4.89. The number of hydrogen-bond donors (Lipinski definition) is 3. The van der Waals surface area contributed by atoms with Crippen molar-refractivity contribution in [1.29, 1.82) is 0 Å². The first-order chi connectivity index (χ1) is 8.53. The molecule has 0 saturated carbocycles. The molecule has 0 radical (unpaired) electrons. The number of rotatable bonds is 4. The van der Waals surface area contributed by atoms with E-state index in [-0.39, 0.29) is 16.7 Å². The van der Waals surface area contributed by atoms with Crippen LogP contribution in [0.15, 0.2) is 33.9 Å². The summed E-state index contributed by atoms with van der Waals surface area (Å²) in [6.45, 7) is 1.68. The van der Waals surface area contributed by atoms with Crippen LogP contribution in [0.4, 0.5) is 11.8 Å². The van der Waals surface area contributed by atoms with Gasteiger partial charge in [0, 0.05) is 6.20 Å². The predicted molar refractivity (Wildman–Crippen MR) is 64.1 cm³/mol. The van der Waals surface area contributed by atoms with E-state index in [4.69, 9.17) is 10.3 Å². The summed E-state index contributed by atoms with van der Waals surface area (Å²) in [7, 11) is -3.85. The van der Waals surface area contributed by atoms with Crippen LogP contribution in [0.3, 0.4) is 0 Å². The summed E-state index contributed by atoms with van der Waals surface area (Å²) in [5, 5.41) is 0. The van der Waals surface area contributed by atoms with Gasteiger partial charge in [0.15, 0.2) is 5.82 Å². The van der Waals surface area contributed by atoms with Gasteiger partial charge in [0.2, 0.25) is 0 Å². The Morgan fingerprint density at radius 1 is 1.44 bits per heavy atom. The van der Waals surface area contributed by atoms with Crippen molar-refractivity contribution in [2.75, 3.05) is 10.1 Å². The maximum absolute atomic E-state index is 12.0. The van der Waals surface area contributed by atoms with Crippen LogP contribution in [-0.4, -0.2) is 18.4 Å². The summed E-state index contributed by atoms with van der Waals surface area (Å²) in [6, 6.07) is 2.73. The Labute approximate surface area is 103 Å². The normalized spacial score (nSPS) is 11.2. The Hall–Kier alpha value is -2.13. The highest BCUT2D eigenvalue weighted by Crippen LogP contribution is 2.20. The number of hydrazine groups is 1. The van der Waals surface area contributed by atoms with Crippen LogP contribution in [0.2, 0.25) is 0 Å². The Morgan fingerprint density at radius 2 is 2.22 bits per heavy atom. The zero-order valence-electron chi connectivity index (χ0n) is 9.41. The molecule has 0 atom stereocenters. The minimum Gasteiger partial charge on any atom is -0.431 e. The number of nitrogens with one attached hydrogen (secondary N) is 2.